The zero-order chi connectivity index (χ0) is 13.0. The second-order valence-corrected chi connectivity index (χ2v) is 6.03. The average Bonchev–Trinajstić information content (AvgIpc) is 2.77. The molecule has 18 heavy (non-hydrogen) atoms. The molecule has 3 nitrogen and oxygen atoms in total. The molecule has 0 aromatic carbocycles. The van der Waals surface area contributed by atoms with Crippen molar-refractivity contribution in [1.29, 1.82) is 5.26 Å². The molecule has 1 aliphatic carbocycles. The summed E-state index contributed by atoms with van der Waals surface area (Å²) in [6, 6.07) is 2.23. The number of aromatic nitrogens is 1. The van der Waals surface area contributed by atoms with E-state index in [2.05, 4.69) is 22.7 Å². The molecule has 4 heteroatoms. The van der Waals surface area contributed by atoms with Gasteiger partial charge in [-0.2, -0.15) is 9.64 Å². The minimum absolute atomic E-state index is 0.724. The molecule has 0 aliphatic heterocycles. The molecule has 0 radical (unpaired) electrons. The van der Waals surface area contributed by atoms with E-state index in [1.807, 2.05) is 6.92 Å². The van der Waals surface area contributed by atoms with Gasteiger partial charge in [0.05, 0.1) is 5.69 Å². The van der Waals surface area contributed by atoms with Gasteiger partial charge in [0.15, 0.2) is 0 Å². The maximum atomic E-state index is 9.07. The molecule has 0 spiro atoms. The quantitative estimate of drug-likeness (QED) is 0.894. The zero-order valence-corrected chi connectivity index (χ0v) is 12.0. The lowest BCUT2D eigenvalue weighted by Gasteiger charge is -2.27. The monoisotopic (exact) mass is 263 g/mol. The second kappa shape index (κ2) is 6.19. The van der Waals surface area contributed by atoms with Crippen molar-refractivity contribution in [2.75, 3.05) is 11.9 Å². The maximum absolute atomic E-state index is 9.07. The highest BCUT2D eigenvalue weighted by atomic mass is 32.1. The predicted octanol–water partition coefficient (Wildman–Crippen LogP) is 3.95. The van der Waals surface area contributed by atoms with Crippen LogP contribution >= 0.6 is 11.5 Å². The Balaban J connectivity index is 1.84. The van der Waals surface area contributed by atoms with Crippen molar-refractivity contribution in [3.05, 3.63) is 11.3 Å². The topological polar surface area (TPSA) is 48.7 Å². The summed E-state index contributed by atoms with van der Waals surface area (Å²) in [5.74, 6) is 1.71. The van der Waals surface area contributed by atoms with Gasteiger partial charge in [0.25, 0.3) is 0 Å². The molecule has 0 amide bonds. The minimum Gasteiger partial charge on any atom is -0.374 e. The van der Waals surface area contributed by atoms with Gasteiger partial charge in [0.2, 0.25) is 0 Å². The Morgan fingerprint density at radius 3 is 2.61 bits per heavy atom. The third-order valence-electron chi connectivity index (χ3n) is 4.07. The van der Waals surface area contributed by atoms with Crippen LogP contribution in [0.3, 0.4) is 0 Å². The van der Waals surface area contributed by atoms with Gasteiger partial charge in [-0.05, 0) is 43.1 Å². The SMILES string of the molecule is CCC1CCC(CNc2snc(C)c2C#N)CC1. The van der Waals surface area contributed by atoms with Crippen LogP contribution in [0.2, 0.25) is 0 Å². The molecule has 1 fully saturated rings. The van der Waals surface area contributed by atoms with Gasteiger partial charge < -0.3 is 5.32 Å². The van der Waals surface area contributed by atoms with Gasteiger partial charge in [-0.1, -0.05) is 26.2 Å². The average molecular weight is 263 g/mol. The third kappa shape index (κ3) is 3.02. The number of nitrogens with zero attached hydrogens (tertiary/aromatic N) is 2. The van der Waals surface area contributed by atoms with Crippen molar-refractivity contribution in [2.24, 2.45) is 11.8 Å². The summed E-state index contributed by atoms with van der Waals surface area (Å²) in [6.45, 7) is 5.18. The fraction of sp³-hybridized carbons (Fsp3) is 0.714. The Labute approximate surface area is 113 Å². The molecule has 0 atom stereocenters. The Bertz CT molecular complexity index is 425. The molecule has 1 N–H and O–H groups in total. The molecular weight excluding hydrogens is 242 g/mol. The predicted molar refractivity (Wildman–Crippen MR) is 75.8 cm³/mol. The Morgan fingerprint density at radius 2 is 2.00 bits per heavy atom. The zero-order valence-electron chi connectivity index (χ0n) is 11.2. The van der Waals surface area contributed by atoms with E-state index in [9.17, 15) is 0 Å². The smallest absolute Gasteiger partial charge is 0.127 e. The summed E-state index contributed by atoms with van der Waals surface area (Å²) in [5, 5.41) is 13.4. The fourth-order valence-corrected chi connectivity index (χ4v) is 3.45. The first-order chi connectivity index (χ1) is 8.74. The molecular formula is C14H21N3S. The van der Waals surface area contributed by atoms with Crippen LogP contribution in [0.25, 0.3) is 0 Å². The maximum Gasteiger partial charge on any atom is 0.127 e. The standard InChI is InChI=1S/C14H21N3S/c1-3-11-4-6-12(7-5-11)9-16-14-13(8-15)10(2)17-18-14/h11-12,16H,3-7,9H2,1-2H3. The summed E-state index contributed by atoms with van der Waals surface area (Å²) >= 11 is 1.41. The molecule has 98 valence electrons. The van der Waals surface area contributed by atoms with Gasteiger partial charge >= 0.3 is 0 Å². The van der Waals surface area contributed by atoms with Gasteiger partial charge in [-0.3, -0.25) is 0 Å². The van der Waals surface area contributed by atoms with Gasteiger partial charge in [-0.15, -0.1) is 0 Å². The number of hydrogen-bond acceptors (Lipinski definition) is 4. The van der Waals surface area contributed by atoms with Crippen molar-refractivity contribution in [2.45, 2.75) is 46.0 Å². The summed E-state index contributed by atoms with van der Waals surface area (Å²) in [5.41, 5.74) is 1.57. The van der Waals surface area contributed by atoms with Crippen molar-refractivity contribution < 1.29 is 0 Å². The second-order valence-electron chi connectivity index (χ2n) is 5.26. The highest BCUT2D eigenvalue weighted by Crippen LogP contribution is 2.31. The number of nitriles is 1. The molecule has 1 aromatic heterocycles. The van der Waals surface area contributed by atoms with E-state index in [0.29, 0.717) is 0 Å². The van der Waals surface area contributed by atoms with Gasteiger partial charge in [-0.25, -0.2) is 0 Å². The first-order valence-corrected chi connectivity index (χ1v) is 7.62. The number of rotatable bonds is 4. The van der Waals surface area contributed by atoms with E-state index < -0.39 is 0 Å². The first-order valence-electron chi connectivity index (χ1n) is 6.84. The van der Waals surface area contributed by atoms with Crippen molar-refractivity contribution in [1.82, 2.24) is 4.37 Å². The van der Waals surface area contributed by atoms with E-state index in [1.54, 1.807) is 0 Å². The normalized spacial score (nSPS) is 23.6. The van der Waals surface area contributed by atoms with Crippen LogP contribution in [-0.2, 0) is 0 Å². The first kappa shape index (κ1) is 13.4. The van der Waals surface area contributed by atoms with Crippen molar-refractivity contribution in [3.63, 3.8) is 0 Å². The Kier molecular flexibility index (Phi) is 4.60. The lowest BCUT2D eigenvalue weighted by molar-refractivity contribution is 0.278. The van der Waals surface area contributed by atoms with Crippen LogP contribution in [0.1, 0.15) is 50.3 Å². The van der Waals surface area contributed by atoms with Crippen LogP contribution in [0.15, 0.2) is 0 Å². The number of hydrogen-bond donors (Lipinski definition) is 1. The van der Waals surface area contributed by atoms with Crippen LogP contribution in [0, 0.1) is 30.1 Å². The minimum atomic E-state index is 0.724. The highest BCUT2D eigenvalue weighted by molar-refractivity contribution is 7.10. The lowest BCUT2D eigenvalue weighted by Crippen LogP contribution is -2.20. The van der Waals surface area contributed by atoms with Gasteiger partial charge in [0, 0.05) is 6.54 Å². The van der Waals surface area contributed by atoms with E-state index in [1.165, 1.54) is 43.6 Å². The Morgan fingerprint density at radius 1 is 1.33 bits per heavy atom. The fourth-order valence-electron chi connectivity index (χ4n) is 2.70. The van der Waals surface area contributed by atoms with Crippen LogP contribution in [0.4, 0.5) is 5.00 Å². The summed E-state index contributed by atoms with van der Waals surface area (Å²) < 4.78 is 4.23. The molecule has 0 unspecified atom stereocenters. The summed E-state index contributed by atoms with van der Waals surface area (Å²) in [7, 11) is 0. The molecule has 1 aliphatic rings. The molecule has 1 heterocycles. The third-order valence-corrected chi connectivity index (χ3v) is 4.97. The van der Waals surface area contributed by atoms with Gasteiger partial charge in [0.1, 0.15) is 16.6 Å². The summed E-state index contributed by atoms with van der Waals surface area (Å²) in [6.07, 6.45) is 6.72. The largest absolute Gasteiger partial charge is 0.374 e. The number of anilines is 1. The van der Waals surface area contributed by atoms with Crippen LogP contribution in [0.5, 0.6) is 0 Å². The van der Waals surface area contributed by atoms with E-state index in [4.69, 9.17) is 5.26 Å². The van der Waals surface area contributed by atoms with E-state index in [0.717, 1.165) is 34.6 Å². The molecule has 0 bridgehead atoms. The molecule has 2 rings (SSSR count). The lowest BCUT2D eigenvalue weighted by atomic mass is 9.81. The number of aryl methyl sites for hydroxylation is 1. The van der Waals surface area contributed by atoms with Crippen LogP contribution < -0.4 is 5.32 Å². The van der Waals surface area contributed by atoms with Crippen LogP contribution in [-0.4, -0.2) is 10.9 Å². The molecule has 0 saturated heterocycles. The molecule has 1 saturated carbocycles. The number of nitrogens with one attached hydrogen (secondary N) is 1. The van der Waals surface area contributed by atoms with Crippen molar-refractivity contribution >= 4 is 16.5 Å². The molecule has 1 aromatic rings. The Hall–Kier alpha value is -1.08. The van der Waals surface area contributed by atoms with E-state index in [-0.39, 0.29) is 0 Å². The van der Waals surface area contributed by atoms with Crippen molar-refractivity contribution in [3.8, 4) is 6.07 Å². The summed E-state index contributed by atoms with van der Waals surface area (Å²) in [4.78, 5) is 0. The highest BCUT2D eigenvalue weighted by Gasteiger charge is 2.20. The van der Waals surface area contributed by atoms with E-state index >= 15 is 0 Å².